The fraction of sp³-hybridized carbons (Fsp3) is 0.571. The number of rotatable bonds is 2. The van der Waals surface area contributed by atoms with Gasteiger partial charge in [0.05, 0.1) is 6.10 Å². The fourth-order valence-corrected chi connectivity index (χ4v) is 3.05. The summed E-state index contributed by atoms with van der Waals surface area (Å²) in [5.74, 6) is 1.63. The van der Waals surface area contributed by atoms with Crippen molar-refractivity contribution in [2.24, 2.45) is 11.8 Å². The number of hydrogen-bond acceptors (Lipinski definition) is 1. The predicted octanol–water partition coefficient (Wildman–Crippen LogP) is 3.20. The fourth-order valence-electron chi connectivity index (χ4n) is 3.05. The molecule has 82 valence electrons. The highest BCUT2D eigenvalue weighted by Crippen LogP contribution is 2.44. The third-order valence-electron chi connectivity index (χ3n) is 3.98. The van der Waals surface area contributed by atoms with Gasteiger partial charge in [-0.1, -0.05) is 50.6 Å². The SMILES string of the molecule is CC[C@@H]1C[C@H](O)[C@H](c2ccccc2)[C@H]1C. The van der Waals surface area contributed by atoms with Crippen LogP contribution < -0.4 is 0 Å². The maximum Gasteiger partial charge on any atom is 0.0614 e. The van der Waals surface area contributed by atoms with Crippen molar-refractivity contribution < 1.29 is 5.11 Å². The van der Waals surface area contributed by atoms with Crippen LogP contribution in [-0.2, 0) is 0 Å². The molecule has 1 heteroatoms. The van der Waals surface area contributed by atoms with Crippen LogP contribution in [0.1, 0.15) is 38.2 Å². The van der Waals surface area contributed by atoms with E-state index in [-0.39, 0.29) is 6.10 Å². The second kappa shape index (κ2) is 4.36. The minimum Gasteiger partial charge on any atom is -0.392 e. The smallest absolute Gasteiger partial charge is 0.0614 e. The maximum atomic E-state index is 10.1. The largest absolute Gasteiger partial charge is 0.392 e. The van der Waals surface area contributed by atoms with Crippen LogP contribution in [0.15, 0.2) is 30.3 Å². The Morgan fingerprint density at radius 3 is 2.47 bits per heavy atom. The molecule has 4 atom stereocenters. The minimum absolute atomic E-state index is 0.146. The summed E-state index contributed by atoms with van der Waals surface area (Å²) in [7, 11) is 0. The van der Waals surface area contributed by atoms with Crippen LogP contribution in [0.4, 0.5) is 0 Å². The van der Waals surface area contributed by atoms with E-state index < -0.39 is 0 Å². The first-order valence-electron chi connectivity index (χ1n) is 5.97. The lowest BCUT2D eigenvalue weighted by molar-refractivity contribution is 0.155. The Bertz CT molecular complexity index is 306. The highest BCUT2D eigenvalue weighted by atomic mass is 16.3. The second-order valence-corrected chi connectivity index (χ2v) is 4.77. The van der Waals surface area contributed by atoms with E-state index in [4.69, 9.17) is 0 Å². The molecule has 0 bridgehead atoms. The lowest BCUT2D eigenvalue weighted by Gasteiger charge is -2.21. The van der Waals surface area contributed by atoms with E-state index in [1.165, 1.54) is 12.0 Å². The maximum absolute atomic E-state index is 10.1. The van der Waals surface area contributed by atoms with E-state index in [0.717, 1.165) is 6.42 Å². The summed E-state index contributed by atoms with van der Waals surface area (Å²) in [6.45, 7) is 4.50. The lowest BCUT2D eigenvalue weighted by atomic mass is 9.85. The standard InChI is InChI=1S/C14H20O/c1-3-11-9-13(15)14(10(11)2)12-7-5-4-6-8-12/h4-8,10-11,13-15H,3,9H2,1-2H3/t10-,11+,13-,14-/m0/s1. The van der Waals surface area contributed by atoms with E-state index in [1.807, 2.05) is 6.07 Å². The second-order valence-electron chi connectivity index (χ2n) is 4.77. The van der Waals surface area contributed by atoms with Gasteiger partial charge in [-0.25, -0.2) is 0 Å². The third-order valence-corrected chi connectivity index (χ3v) is 3.98. The summed E-state index contributed by atoms with van der Waals surface area (Å²) < 4.78 is 0. The van der Waals surface area contributed by atoms with Crippen molar-refractivity contribution in [3.8, 4) is 0 Å². The quantitative estimate of drug-likeness (QED) is 0.784. The molecule has 0 saturated heterocycles. The lowest BCUT2D eigenvalue weighted by Crippen LogP contribution is -2.15. The van der Waals surface area contributed by atoms with Gasteiger partial charge in [0.1, 0.15) is 0 Å². The molecule has 1 saturated carbocycles. The average Bonchev–Trinajstić information content (AvgIpc) is 2.55. The Kier molecular flexibility index (Phi) is 3.11. The molecule has 2 rings (SSSR count). The molecular formula is C14H20O. The summed E-state index contributed by atoms with van der Waals surface area (Å²) in [6.07, 6.45) is 2.01. The van der Waals surface area contributed by atoms with Crippen molar-refractivity contribution in [2.45, 2.75) is 38.7 Å². The van der Waals surface area contributed by atoms with Crippen LogP contribution in [0.5, 0.6) is 0 Å². The molecule has 1 N–H and O–H groups in total. The van der Waals surface area contributed by atoms with Gasteiger partial charge in [-0.2, -0.15) is 0 Å². The van der Waals surface area contributed by atoms with E-state index in [0.29, 0.717) is 17.8 Å². The molecule has 15 heavy (non-hydrogen) atoms. The van der Waals surface area contributed by atoms with Gasteiger partial charge in [-0.05, 0) is 23.8 Å². The van der Waals surface area contributed by atoms with Crippen LogP contribution in [0.3, 0.4) is 0 Å². The van der Waals surface area contributed by atoms with E-state index in [2.05, 4.69) is 38.1 Å². The molecule has 1 aromatic carbocycles. The number of hydrogen-bond donors (Lipinski definition) is 1. The molecule has 1 aromatic rings. The Labute approximate surface area is 92.1 Å². The molecule has 1 aliphatic carbocycles. The summed E-state index contributed by atoms with van der Waals surface area (Å²) in [5.41, 5.74) is 1.30. The van der Waals surface area contributed by atoms with Crippen molar-refractivity contribution in [3.63, 3.8) is 0 Å². The summed E-state index contributed by atoms with van der Waals surface area (Å²) in [4.78, 5) is 0. The first-order valence-corrected chi connectivity index (χ1v) is 5.97. The zero-order valence-electron chi connectivity index (χ0n) is 9.56. The molecule has 0 heterocycles. The minimum atomic E-state index is -0.146. The Morgan fingerprint density at radius 1 is 1.27 bits per heavy atom. The molecular weight excluding hydrogens is 184 g/mol. The van der Waals surface area contributed by atoms with Gasteiger partial charge in [-0.15, -0.1) is 0 Å². The summed E-state index contributed by atoms with van der Waals surface area (Å²) in [6, 6.07) is 10.4. The predicted molar refractivity (Wildman–Crippen MR) is 62.8 cm³/mol. The average molecular weight is 204 g/mol. The summed E-state index contributed by atoms with van der Waals surface area (Å²) >= 11 is 0. The number of benzene rings is 1. The molecule has 1 fully saturated rings. The Hall–Kier alpha value is -0.820. The van der Waals surface area contributed by atoms with Gasteiger partial charge < -0.3 is 5.11 Å². The van der Waals surface area contributed by atoms with Crippen LogP contribution in [0, 0.1) is 11.8 Å². The Balaban J connectivity index is 2.23. The molecule has 0 radical (unpaired) electrons. The van der Waals surface area contributed by atoms with Crippen LogP contribution in [0.2, 0.25) is 0 Å². The molecule has 0 aromatic heterocycles. The van der Waals surface area contributed by atoms with Gasteiger partial charge in [0, 0.05) is 5.92 Å². The normalized spacial score (nSPS) is 35.7. The topological polar surface area (TPSA) is 20.2 Å². The van der Waals surface area contributed by atoms with Crippen molar-refractivity contribution in [1.29, 1.82) is 0 Å². The highest BCUT2D eigenvalue weighted by molar-refractivity contribution is 5.23. The molecule has 1 aliphatic rings. The third kappa shape index (κ3) is 1.93. The molecule has 1 nitrogen and oxygen atoms in total. The molecule has 0 spiro atoms. The van der Waals surface area contributed by atoms with Gasteiger partial charge in [0.25, 0.3) is 0 Å². The molecule has 0 unspecified atom stereocenters. The Morgan fingerprint density at radius 2 is 1.93 bits per heavy atom. The van der Waals surface area contributed by atoms with Crippen LogP contribution in [-0.4, -0.2) is 11.2 Å². The van der Waals surface area contributed by atoms with Crippen molar-refractivity contribution >= 4 is 0 Å². The zero-order valence-corrected chi connectivity index (χ0v) is 9.56. The van der Waals surface area contributed by atoms with Crippen LogP contribution in [0.25, 0.3) is 0 Å². The first-order chi connectivity index (χ1) is 7.24. The van der Waals surface area contributed by atoms with Crippen LogP contribution >= 0.6 is 0 Å². The highest BCUT2D eigenvalue weighted by Gasteiger charge is 2.39. The van der Waals surface area contributed by atoms with Gasteiger partial charge in [-0.3, -0.25) is 0 Å². The molecule has 0 aliphatic heterocycles. The van der Waals surface area contributed by atoms with Crippen molar-refractivity contribution in [1.82, 2.24) is 0 Å². The van der Waals surface area contributed by atoms with Gasteiger partial charge >= 0.3 is 0 Å². The van der Waals surface area contributed by atoms with Gasteiger partial charge in [0.2, 0.25) is 0 Å². The zero-order chi connectivity index (χ0) is 10.8. The monoisotopic (exact) mass is 204 g/mol. The van der Waals surface area contributed by atoms with Crippen molar-refractivity contribution in [2.75, 3.05) is 0 Å². The van der Waals surface area contributed by atoms with E-state index in [9.17, 15) is 5.11 Å². The van der Waals surface area contributed by atoms with E-state index in [1.54, 1.807) is 0 Å². The van der Waals surface area contributed by atoms with Crippen molar-refractivity contribution in [3.05, 3.63) is 35.9 Å². The van der Waals surface area contributed by atoms with E-state index >= 15 is 0 Å². The number of aliphatic hydroxyl groups is 1. The first kappa shape index (κ1) is 10.7. The number of aliphatic hydroxyl groups excluding tert-OH is 1. The summed E-state index contributed by atoms with van der Waals surface area (Å²) in [5, 5.41) is 10.1. The van der Waals surface area contributed by atoms with Gasteiger partial charge in [0.15, 0.2) is 0 Å². The molecule has 0 amide bonds.